The fourth-order valence-corrected chi connectivity index (χ4v) is 3.90. The number of amides is 1. The molecule has 0 saturated carbocycles. The van der Waals surface area contributed by atoms with Gasteiger partial charge in [-0.15, -0.1) is 0 Å². The number of carbonyl (C=O) groups excluding carboxylic acids is 2. The number of methoxy groups -OCH3 is 1. The predicted molar refractivity (Wildman–Crippen MR) is 138 cm³/mol. The van der Waals surface area contributed by atoms with Crippen LogP contribution in [0.4, 0.5) is 5.69 Å². The standard InChI is InChI=1S/C28H30ClNO5/c1-6-34-27(31)15-19-8-11-25(33-5)26(14-19)35-24-12-9-20(16-22(24)17(2)3)30-28(32)21-10-7-18(4)13-23(21)29/h7-14,16-17H,6,15H2,1-5H3,(H,30,32). The average molecular weight is 496 g/mol. The summed E-state index contributed by atoms with van der Waals surface area (Å²) in [4.78, 5) is 24.7. The molecule has 0 radical (unpaired) electrons. The molecule has 0 aliphatic heterocycles. The Morgan fingerprint density at radius 1 is 0.971 bits per heavy atom. The smallest absolute Gasteiger partial charge is 0.310 e. The lowest BCUT2D eigenvalue weighted by atomic mass is 10.0. The summed E-state index contributed by atoms with van der Waals surface area (Å²) >= 11 is 6.26. The van der Waals surface area contributed by atoms with E-state index in [0.29, 0.717) is 40.1 Å². The molecule has 0 unspecified atom stereocenters. The van der Waals surface area contributed by atoms with Gasteiger partial charge in [-0.25, -0.2) is 0 Å². The van der Waals surface area contributed by atoms with Crippen molar-refractivity contribution in [2.45, 2.75) is 40.0 Å². The summed E-state index contributed by atoms with van der Waals surface area (Å²) < 4.78 is 16.7. The minimum Gasteiger partial charge on any atom is -0.493 e. The van der Waals surface area contributed by atoms with Crippen molar-refractivity contribution >= 4 is 29.2 Å². The summed E-state index contributed by atoms with van der Waals surface area (Å²) in [6, 6.07) is 16.1. The zero-order valence-electron chi connectivity index (χ0n) is 20.6. The lowest BCUT2D eigenvalue weighted by Crippen LogP contribution is -2.13. The second-order valence-electron chi connectivity index (χ2n) is 8.41. The van der Waals surface area contributed by atoms with E-state index in [4.69, 9.17) is 25.8 Å². The van der Waals surface area contributed by atoms with Crippen LogP contribution in [0.25, 0.3) is 0 Å². The molecule has 3 aromatic carbocycles. The normalized spacial score (nSPS) is 10.7. The van der Waals surface area contributed by atoms with Crippen LogP contribution in [0.3, 0.4) is 0 Å². The molecule has 1 N–H and O–H groups in total. The van der Waals surface area contributed by atoms with Gasteiger partial charge in [0.25, 0.3) is 5.91 Å². The molecular weight excluding hydrogens is 466 g/mol. The van der Waals surface area contributed by atoms with Gasteiger partial charge in [0.05, 0.1) is 30.7 Å². The van der Waals surface area contributed by atoms with Crippen molar-refractivity contribution in [2.75, 3.05) is 19.0 Å². The number of hydrogen-bond donors (Lipinski definition) is 1. The first-order valence-electron chi connectivity index (χ1n) is 11.4. The van der Waals surface area contributed by atoms with E-state index in [2.05, 4.69) is 5.32 Å². The predicted octanol–water partition coefficient (Wildman–Crippen LogP) is 6.93. The number of hydrogen-bond acceptors (Lipinski definition) is 5. The molecule has 0 bridgehead atoms. The van der Waals surface area contributed by atoms with Crippen LogP contribution in [0.15, 0.2) is 54.6 Å². The molecule has 3 aromatic rings. The third kappa shape index (κ3) is 6.76. The molecule has 0 atom stereocenters. The Morgan fingerprint density at radius 3 is 2.37 bits per heavy atom. The highest BCUT2D eigenvalue weighted by molar-refractivity contribution is 6.34. The minimum atomic E-state index is -0.305. The van der Waals surface area contributed by atoms with Crippen LogP contribution in [-0.4, -0.2) is 25.6 Å². The summed E-state index contributed by atoms with van der Waals surface area (Å²) in [7, 11) is 1.56. The number of esters is 1. The van der Waals surface area contributed by atoms with E-state index in [9.17, 15) is 9.59 Å². The number of carbonyl (C=O) groups is 2. The summed E-state index contributed by atoms with van der Waals surface area (Å²) in [5.74, 6) is 1.17. The van der Waals surface area contributed by atoms with Gasteiger partial charge in [0, 0.05) is 5.69 Å². The van der Waals surface area contributed by atoms with Crippen LogP contribution in [-0.2, 0) is 16.0 Å². The van der Waals surface area contributed by atoms with Crippen LogP contribution in [0, 0.1) is 6.92 Å². The highest BCUT2D eigenvalue weighted by Crippen LogP contribution is 2.37. The number of halogens is 1. The zero-order chi connectivity index (χ0) is 25.5. The SMILES string of the molecule is CCOC(=O)Cc1ccc(OC)c(Oc2ccc(NC(=O)c3ccc(C)cc3Cl)cc2C(C)C)c1. The van der Waals surface area contributed by atoms with Crippen molar-refractivity contribution in [2.24, 2.45) is 0 Å². The molecule has 6 nitrogen and oxygen atoms in total. The summed E-state index contributed by atoms with van der Waals surface area (Å²) in [6.07, 6.45) is 0.137. The third-order valence-electron chi connectivity index (χ3n) is 5.36. The number of rotatable bonds is 9. The highest BCUT2D eigenvalue weighted by atomic mass is 35.5. The van der Waals surface area contributed by atoms with Crippen LogP contribution in [0.5, 0.6) is 17.2 Å². The number of ether oxygens (including phenoxy) is 3. The van der Waals surface area contributed by atoms with E-state index >= 15 is 0 Å². The molecule has 3 rings (SSSR count). The van der Waals surface area contributed by atoms with Crippen molar-refractivity contribution in [1.82, 2.24) is 0 Å². The molecule has 0 saturated heterocycles. The molecule has 0 spiro atoms. The second kappa shape index (κ2) is 11.8. The van der Waals surface area contributed by atoms with Crippen LogP contribution >= 0.6 is 11.6 Å². The van der Waals surface area contributed by atoms with Crippen LogP contribution < -0.4 is 14.8 Å². The van der Waals surface area contributed by atoms with E-state index in [1.165, 1.54) is 0 Å². The summed E-state index contributed by atoms with van der Waals surface area (Å²) in [5.41, 5.74) is 3.68. The Labute approximate surface area is 211 Å². The Morgan fingerprint density at radius 2 is 1.71 bits per heavy atom. The largest absolute Gasteiger partial charge is 0.493 e. The van der Waals surface area contributed by atoms with Gasteiger partial charge in [-0.1, -0.05) is 37.6 Å². The van der Waals surface area contributed by atoms with Gasteiger partial charge in [-0.3, -0.25) is 9.59 Å². The van der Waals surface area contributed by atoms with Gasteiger partial charge >= 0.3 is 5.97 Å². The first-order valence-corrected chi connectivity index (χ1v) is 11.8. The van der Waals surface area contributed by atoms with Crippen LogP contribution in [0.1, 0.15) is 53.7 Å². The zero-order valence-corrected chi connectivity index (χ0v) is 21.4. The van der Waals surface area contributed by atoms with Crippen molar-refractivity contribution in [3.05, 3.63) is 81.9 Å². The molecule has 35 heavy (non-hydrogen) atoms. The third-order valence-corrected chi connectivity index (χ3v) is 5.67. The van der Waals surface area contributed by atoms with Crippen molar-refractivity contribution < 1.29 is 23.8 Å². The fraction of sp³-hybridized carbons (Fsp3) is 0.286. The molecule has 0 aliphatic rings. The van der Waals surface area contributed by atoms with Crippen molar-refractivity contribution in [3.8, 4) is 17.2 Å². The quantitative estimate of drug-likeness (QED) is 0.326. The van der Waals surface area contributed by atoms with Gasteiger partial charge < -0.3 is 19.5 Å². The first-order chi connectivity index (χ1) is 16.7. The Balaban J connectivity index is 1.86. The highest BCUT2D eigenvalue weighted by Gasteiger charge is 2.16. The lowest BCUT2D eigenvalue weighted by molar-refractivity contribution is -0.142. The molecule has 0 heterocycles. The average Bonchev–Trinajstić information content (AvgIpc) is 2.80. The maximum Gasteiger partial charge on any atom is 0.310 e. The Kier molecular flexibility index (Phi) is 8.77. The molecule has 0 aliphatic carbocycles. The van der Waals surface area contributed by atoms with Crippen molar-refractivity contribution in [1.29, 1.82) is 0 Å². The summed E-state index contributed by atoms with van der Waals surface area (Å²) in [6.45, 7) is 8.10. The van der Waals surface area contributed by atoms with Gasteiger partial charge in [0.1, 0.15) is 5.75 Å². The summed E-state index contributed by atoms with van der Waals surface area (Å²) in [5, 5.41) is 3.32. The van der Waals surface area contributed by atoms with E-state index in [-0.39, 0.29) is 24.2 Å². The van der Waals surface area contributed by atoms with Crippen molar-refractivity contribution in [3.63, 3.8) is 0 Å². The van der Waals surface area contributed by atoms with Gasteiger partial charge in [-0.2, -0.15) is 0 Å². The molecule has 0 aromatic heterocycles. The van der Waals surface area contributed by atoms with Gasteiger partial charge in [-0.05, 0) is 78.9 Å². The molecule has 7 heteroatoms. The molecule has 0 fully saturated rings. The minimum absolute atomic E-state index is 0.110. The lowest BCUT2D eigenvalue weighted by Gasteiger charge is -2.18. The van der Waals surface area contributed by atoms with Gasteiger partial charge in [0.2, 0.25) is 0 Å². The molecular formula is C28H30ClNO5. The van der Waals surface area contributed by atoms with Gasteiger partial charge in [0.15, 0.2) is 11.5 Å². The van der Waals surface area contributed by atoms with Crippen LogP contribution in [0.2, 0.25) is 5.02 Å². The number of benzene rings is 3. The Bertz CT molecular complexity index is 1220. The molecule has 1 amide bonds. The second-order valence-corrected chi connectivity index (χ2v) is 8.82. The maximum absolute atomic E-state index is 12.8. The fourth-order valence-electron chi connectivity index (χ4n) is 3.58. The molecule has 184 valence electrons. The Hall–Kier alpha value is -3.51. The van der Waals surface area contributed by atoms with E-state index in [1.807, 2.05) is 32.9 Å². The number of aryl methyl sites for hydroxylation is 1. The maximum atomic E-state index is 12.8. The van der Waals surface area contributed by atoms with E-state index in [0.717, 1.165) is 16.7 Å². The number of nitrogens with one attached hydrogen (secondary N) is 1. The van der Waals surface area contributed by atoms with E-state index < -0.39 is 0 Å². The number of anilines is 1. The monoisotopic (exact) mass is 495 g/mol. The topological polar surface area (TPSA) is 73.9 Å². The first kappa shape index (κ1) is 26.1. The van der Waals surface area contributed by atoms with E-state index in [1.54, 1.807) is 56.5 Å².